The number of rotatable bonds is 6. The van der Waals surface area contributed by atoms with Gasteiger partial charge in [-0.15, -0.1) is 0 Å². The maximum atomic E-state index is 3.93. The predicted octanol–water partition coefficient (Wildman–Crippen LogP) is 5.91. The Kier molecular flexibility index (Phi) is 5.24. The van der Waals surface area contributed by atoms with Crippen LogP contribution >= 0.6 is 6.60 Å². The second-order valence-electron chi connectivity index (χ2n) is 8.90. The number of aryl methyl sites for hydroxylation is 1. The van der Waals surface area contributed by atoms with E-state index < -0.39 is 6.60 Å². The molecule has 5 rings (SSSR count). The van der Waals surface area contributed by atoms with E-state index in [1.165, 1.54) is 37.8 Å². The number of nitrogens with one attached hydrogen (secondary N) is 1. The van der Waals surface area contributed by atoms with Gasteiger partial charge in [0.15, 0.2) is 0 Å². The van der Waals surface area contributed by atoms with Crippen LogP contribution in [0.15, 0.2) is 115 Å². The molecular formula is C30H30NP. The van der Waals surface area contributed by atoms with Crippen molar-refractivity contribution in [1.29, 1.82) is 0 Å². The van der Waals surface area contributed by atoms with Crippen molar-refractivity contribution in [2.45, 2.75) is 19.8 Å². The fourth-order valence-corrected chi connectivity index (χ4v) is 10.5. The van der Waals surface area contributed by atoms with Crippen molar-refractivity contribution in [1.82, 2.24) is 4.98 Å². The number of fused-ring (bicyclic) bond motifs is 1. The van der Waals surface area contributed by atoms with Gasteiger partial charge in [-0.25, -0.2) is 0 Å². The molecule has 0 aliphatic carbocycles. The molecular weight excluding hydrogens is 405 g/mol. The summed E-state index contributed by atoms with van der Waals surface area (Å²) >= 11 is 0. The van der Waals surface area contributed by atoms with Crippen molar-refractivity contribution in [3.05, 3.63) is 121 Å². The Balaban J connectivity index is 1.92. The number of aromatic nitrogens is 1. The van der Waals surface area contributed by atoms with Crippen LogP contribution in [0.4, 0.5) is 0 Å². The van der Waals surface area contributed by atoms with Gasteiger partial charge in [-0.05, 0) is 0 Å². The zero-order chi connectivity index (χ0) is 22.0. The van der Waals surface area contributed by atoms with E-state index in [-0.39, 0.29) is 0 Å². The van der Waals surface area contributed by atoms with Crippen LogP contribution in [-0.4, -0.2) is 11.6 Å². The van der Waals surface area contributed by atoms with Crippen LogP contribution in [0.25, 0.3) is 10.9 Å². The van der Waals surface area contributed by atoms with Gasteiger partial charge in [0.1, 0.15) is 0 Å². The van der Waals surface area contributed by atoms with E-state index in [1.54, 1.807) is 0 Å². The standard InChI is InChI=1S/C30H30NP/c1-3-13-24-20-21-25-23-30(31-29(25)22-24)32(2,26-14-7-4-8-15-26,27-16-9-5-10-17-27)28-18-11-6-12-19-28/h4-12,14-23,31H,3,13H2,1-2H3. The molecule has 1 heterocycles. The van der Waals surface area contributed by atoms with Gasteiger partial charge in [0.25, 0.3) is 0 Å². The molecule has 2 heteroatoms. The first kappa shape index (κ1) is 20.7. The van der Waals surface area contributed by atoms with Crippen LogP contribution in [0.3, 0.4) is 0 Å². The predicted molar refractivity (Wildman–Crippen MR) is 143 cm³/mol. The second kappa shape index (κ2) is 8.08. The van der Waals surface area contributed by atoms with Gasteiger partial charge >= 0.3 is 191 Å². The van der Waals surface area contributed by atoms with Gasteiger partial charge in [-0.1, -0.05) is 0 Å². The molecule has 5 aromatic rings. The SMILES string of the molecule is CCCc1ccc2cc(P(C)(c3ccccc3)(c3ccccc3)c3ccccc3)[nH]c2c1. The fourth-order valence-electron chi connectivity index (χ4n) is 5.17. The molecule has 0 saturated heterocycles. The van der Waals surface area contributed by atoms with Gasteiger partial charge in [0, 0.05) is 0 Å². The Morgan fingerprint density at radius 3 is 1.59 bits per heavy atom. The Morgan fingerprint density at radius 1 is 0.625 bits per heavy atom. The summed E-state index contributed by atoms with van der Waals surface area (Å²) in [6.07, 6.45) is 2.26. The van der Waals surface area contributed by atoms with Crippen molar-refractivity contribution < 1.29 is 0 Å². The van der Waals surface area contributed by atoms with Crippen molar-refractivity contribution in [2.75, 3.05) is 6.66 Å². The third-order valence-corrected chi connectivity index (χ3v) is 13.2. The molecule has 0 radical (unpaired) electrons. The van der Waals surface area contributed by atoms with E-state index in [0.29, 0.717) is 0 Å². The number of H-pyrrole nitrogens is 1. The normalized spacial score (nSPS) is 13.0. The topological polar surface area (TPSA) is 15.8 Å². The Morgan fingerprint density at radius 2 is 1.12 bits per heavy atom. The Labute approximate surface area is 191 Å². The molecule has 32 heavy (non-hydrogen) atoms. The molecule has 4 aromatic carbocycles. The van der Waals surface area contributed by atoms with Crippen LogP contribution in [0.1, 0.15) is 18.9 Å². The molecule has 1 N–H and O–H groups in total. The molecule has 0 atom stereocenters. The van der Waals surface area contributed by atoms with E-state index in [1.807, 2.05) is 0 Å². The third kappa shape index (κ3) is 3.04. The monoisotopic (exact) mass is 435 g/mol. The average molecular weight is 436 g/mol. The van der Waals surface area contributed by atoms with E-state index in [4.69, 9.17) is 0 Å². The van der Waals surface area contributed by atoms with Crippen LogP contribution in [-0.2, 0) is 6.42 Å². The van der Waals surface area contributed by atoms with Gasteiger partial charge in [-0.2, -0.15) is 0 Å². The fraction of sp³-hybridized carbons (Fsp3) is 0.133. The molecule has 160 valence electrons. The van der Waals surface area contributed by atoms with Gasteiger partial charge in [0.2, 0.25) is 0 Å². The van der Waals surface area contributed by atoms with E-state index in [2.05, 4.69) is 134 Å². The third-order valence-electron chi connectivity index (χ3n) is 7.02. The summed E-state index contributed by atoms with van der Waals surface area (Å²) in [5, 5.41) is 5.39. The van der Waals surface area contributed by atoms with Crippen LogP contribution in [0.5, 0.6) is 0 Å². The molecule has 0 bridgehead atoms. The first-order valence-electron chi connectivity index (χ1n) is 11.4. The van der Waals surface area contributed by atoms with Gasteiger partial charge in [-0.3, -0.25) is 0 Å². The van der Waals surface area contributed by atoms with Crippen molar-refractivity contribution in [2.24, 2.45) is 0 Å². The first-order chi connectivity index (χ1) is 15.6. The van der Waals surface area contributed by atoms with Gasteiger partial charge < -0.3 is 0 Å². The summed E-state index contributed by atoms with van der Waals surface area (Å²) in [5.41, 5.74) is 3.93. The van der Waals surface area contributed by atoms with E-state index in [9.17, 15) is 0 Å². The summed E-state index contributed by atoms with van der Waals surface area (Å²) in [6.45, 7) is 1.74. The summed E-state index contributed by atoms with van der Waals surface area (Å²) < 4.78 is 0. The van der Waals surface area contributed by atoms with Crippen molar-refractivity contribution in [3.8, 4) is 0 Å². The van der Waals surface area contributed by atoms with Crippen molar-refractivity contribution >= 4 is 38.9 Å². The number of benzene rings is 4. The van der Waals surface area contributed by atoms with E-state index in [0.717, 1.165) is 12.8 Å². The zero-order valence-corrected chi connectivity index (χ0v) is 19.7. The molecule has 0 fully saturated rings. The number of hydrogen-bond donors (Lipinski definition) is 1. The Bertz CT molecular complexity index is 1240. The quantitative estimate of drug-likeness (QED) is 0.319. The molecule has 0 unspecified atom stereocenters. The summed E-state index contributed by atoms with van der Waals surface area (Å²) in [5.74, 6) is 0. The maximum absolute atomic E-state index is 3.93. The van der Waals surface area contributed by atoms with Crippen LogP contribution in [0.2, 0.25) is 0 Å². The van der Waals surface area contributed by atoms with E-state index >= 15 is 0 Å². The van der Waals surface area contributed by atoms with Gasteiger partial charge in [0.05, 0.1) is 0 Å². The molecule has 0 saturated carbocycles. The molecule has 1 nitrogen and oxygen atoms in total. The molecule has 1 aromatic heterocycles. The average Bonchev–Trinajstić information content (AvgIpc) is 3.30. The second-order valence-corrected chi connectivity index (χ2v) is 14.1. The minimum atomic E-state index is -3.00. The van der Waals surface area contributed by atoms with Crippen LogP contribution < -0.4 is 21.3 Å². The first-order valence-corrected chi connectivity index (χ1v) is 14.1. The summed E-state index contributed by atoms with van der Waals surface area (Å²) in [4.78, 5) is 3.93. The summed E-state index contributed by atoms with van der Waals surface area (Å²) in [6, 6.07) is 42.6. The minimum absolute atomic E-state index is 1.11. The molecule has 0 aliphatic rings. The van der Waals surface area contributed by atoms with Crippen LogP contribution in [0, 0.1) is 0 Å². The number of aromatic amines is 1. The molecule has 0 spiro atoms. The van der Waals surface area contributed by atoms with Crippen molar-refractivity contribution in [3.63, 3.8) is 0 Å². The summed E-state index contributed by atoms with van der Waals surface area (Å²) in [7, 11) is 0. The molecule has 0 aliphatic heterocycles. The number of hydrogen-bond acceptors (Lipinski definition) is 0. The molecule has 0 amide bonds. The zero-order valence-electron chi connectivity index (χ0n) is 18.8. The Hall–Kier alpha value is -3.15.